The van der Waals surface area contributed by atoms with Gasteiger partial charge in [0.05, 0.1) is 11.7 Å². The number of hydrogen-bond donors (Lipinski definition) is 1. The van der Waals surface area contributed by atoms with E-state index in [9.17, 15) is 14.7 Å². The van der Waals surface area contributed by atoms with Gasteiger partial charge in [-0.05, 0) is 31.0 Å². The third-order valence-corrected chi connectivity index (χ3v) is 6.89. The molecule has 0 bridgehead atoms. The van der Waals surface area contributed by atoms with Crippen molar-refractivity contribution in [3.63, 3.8) is 0 Å². The van der Waals surface area contributed by atoms with Crippen molar-refractivity contribution in [1.29, 1.82) is 0 Å². The van der Waals surface area contributed by atoms with Gasteiger partial charge in [-0.15, -0.1) is 0 Å². The number of fused-ring (bicyclic) bond motifs is 1. The average Bonchev–Trinajstić information content (AvgIpc) is 3.42. The number of aliphatic hydroxyl groups excluding tert-OH is 1. The van der Waals surface area contributed by atoms with Crippen molar-refractivity contribution in [2.24, 2.45) is 0 Å². The standard InChI is InChI=1S/C25H26N4O5/c1-15-18(3-4-19-21(15)14-34-24(19)32)22(31)11-28-5-7-29(8-6-28)25-26-9-17(10-27-25)20-13-33-23(12-30)16(20)2/h3-4,9-10,22,31H,5-8,11,13-14H2,1-2H3/t22-/m0/s1. The Labute approximate surface area is 197 Å². The van der Waals surface area contributed by atoms with Crippen LogP contribution in [0.15, 0.2) is 35.9 Å². The van der Waals surface area contributed by atoms with Gasteiger partial charge >= 0.3 is 5.97 Å². The van der Waals surface area contributed by atoms with Gasteiger partial charge in [-0.1, -0.05) is 6.07 Å². The highest BCUT2D eigenvalue weighted by Crippen LogP contribution is 2.31. The molecule has 0 saturated carbocycles. The highest BCUT2D eigenvalue weighted by atomic mass is 16.5. The van der Waals surface area contributed by atoms with Crippen LogP contribution in [0.4, 0.5) is 5.95 Å². The third-order valence-electron chi connectivity index (χ3n) is 6.89. The second kappa shape index (κ2) is 9.02. The van der Waals surface area contributed by atoms with E-state index >= 15 is 0 Å². The summed E-state index contributed by atoms with van der Waals surface area (Å²) in [6, 6.07) is 3.58. The van der Waals surface area contributed by atoms with Crippen molar-refractivity contribution in [3.8, 4) is 0 Å². The number of carbonyl (C=O) groups is 1. The zero-order valence-corrected chi connectivity index (χ0v) is 19.2. The van der Waals surface area contributed by atoms with E-state index in [0.29, 0.717) is 24.7 Å². The topological polar surface area (TPSA) is 105 Å². The number of aromatic nitrogens is 2. The number of rotatable bonds is 5. The van der Waals surface area contributed by atoms with E-state index in [0.717, 1.165) is 59.6 Å². The summed E-state index contributed by atoms with van der Waals surface area (Å²) in [5.74, 6) is 2.42. The number of anilines is 1. The second-order valence-electron chi connectivity index (χ2n) is 8.78. The Kier molecular flexibility index (Phi) is 5.91. The molecule has 9 nitrogen and oxygen atoms in total. The summed E-state index contributed by atoms with van der Waals surface area (Å²) in [6.07, 6.45) is 2.89. The number of hydrogen-bond acceptors (Lipinski definition) is 9. The monoisotopic (exact) mass is 462 g/mol. The van der Waals surface area contributed by atoms with Gasteiger partial charge in [-0.3, -0.25) is 4.90 Å². The largest absolute Gasteiger partial charge is 0.478 e. The summed E-state index contributed by atoms with van der Waals surface area (Å²) >= 11 is 0. The van der Waals surface area contributed by atoms with Crippen molar-refractivity contribution in [2.75, 3.05) is 44.2 Å². The highest BCUT2D eigenvalue weighted by molar-refractivity contribution is 5.94. The molecule has 1 aromatic carbocycles. The van der Waals surface area contributed by atoms with Crippen LogP contribution in [0.5, 0.6) is 0 Å². The zero-order valence-electron chi connectivity index (χ0n) is 19.2. The maximum atomic E-state index is 11.8. The molecular formula is C25H26N4O5. The normalized spacial score (nSPS) is 19.1. The summed E-state index contributed by atoms with van der Waals surface area (Å²) in [5.41, 5.74) is 5.76. The molecule has 1 saturated heterocycles. The van der Waals surface area contributed by atoms with E-state index in [2.05, 4.69) is 19.8 Å². The number of carbonyl (C=O) groups excluding carboxylic acids is 2. The van der Waals surface area contributed by atoms with E-state index < -0.39 is 6.10 Å². The lowest BCUT2D eigenvalue weighted by molar-refractivity contribution is 0.0535. The van der Waals surface area contributed by atoms with Crippen LogP contribution in [-0.2, 0) is 20.9 Å². The molecule has 3 aliphatic rings. The van der Waals surface area contributed by atoms with Gasteiger partial charge in [-0.25, -0.2) is 19.6 Å². The molecule has 0 unspecified atom stereocenters. The van der Waals surface area contributed by atoms with Crippen LogP contribution < -0.4 is 4.90 Å². The van der Waals surface area contributed by atoms with Crippen LogP contribution in [0.3, 0.4) is 0 Å². The molecule has 5 rings (SSSR count). The Bertz CT molecular complexity index is 1210. The molecule has 0 aliphatic carbocycles. The number of nitrogens with zero attached hydrogens (tertiary/aromatic N) is 4. The van der Waals surface area contributed by atoms with Crippen molar-refractivity contribution in [3.05, 3.63) is 63.7 Å². The highest BCUT2D eigenvalue weighted by Gasteiger charge is 2.27. The minimum Gasteiger partial charge on any atom is -0.478 e. The minimum atomic E-state index is -0.640. The molecule has 4 heterocycles. The van der Waals surface area contributed by atoms with Gasteiger partial charge in [0.15, 0.2) is 5.94 Å². The van der Waals surface area contributed by atoms with Gasteiger partial charge in [0.1, 0.15) is 13.2 Å². The van der Waals surface area contributed by atoms with Gasteiger partial charge in [0.2, 0.25) is 11.7 Å². The summed E-state index contributed by atoms with van der Waals surface area (Å²) in [6.45, 7) is 7.94. The Morgan fingerprint density at radius 1 is 1.09 bits per heavy atom. The Morgan fingerprint density at radius 3 is 2.50 bits per heavy atom. The second-order valence-corrected chi connectivity index (χ2v) is 8.78. The van der Waals surface area contributed by atoms with Crippen LogP contribution in [-0.4, -0.2) is 71.2 Å². The zero-order chi connectivity index (χ0) is 23.8. The van der Waals surface area contributed by atoms with E-state index in [1.54, 1.807) is 18.5 Å². The summed E-state index contributed by atoms with van der Waals surface area (Å²) in [5, 5.41) is 10.9. The number of β-amino-alcohol motifs (C(OH)–C–C–N with tert-alkyl or cyclic N) is 1. The lowest BCUT2D eigenvalue weighted by Crippen LogP contribution is -2.48. The summed E-state index contributed by atoms with van der Waals surface area (Å²) < 4.78 is 10.5. The van der Waals surface area contributed by atoms with Crippen molar-refractivity contribution < 1.29 is 24.2 Å². The van der Waals surface area contributed by atoms with E-state index in [1.165, 1.54) is 0 Å². The van der Waals surface area contributed by atoms with Crippen LogP contribution in [0, 0.1) is 6.92 Å². The first-order chi connectivity index (χ1) is 16.5. The SMILES string of the molecule is CC1=C(c2cnc(N3CCN(C[C@H](O)c4ccc5c(c4C)COC5=O)CC3)nc2)COC1=C=O. The van der Waals surface area contributed by atoms with Crippen molar-refractivity contribution >= 4 is 23.4 Å². The van der Waals surface area contributed by atoms with Crippen LogP contribution in [0.25, 0.3) is 5.57 Å². The molecule has 0 radical (unpaired) electrons. The molecule has 176 valence electrons. The molecule has 1 aromatic heterocycles. The maximum absolute atomic E-state index is 11.8. The van der Waals surface area contributed by atoms with E-state index in [-0.39, 0.29) is 18.3 Å². The lowest BCUT2D eigenvalue weighted by Gasteiger charge is -2.35. The molecule has 0 spiro atoms. The van der Waals surface area contributed by atoms with Crippen molar-refractivity contribution in [1.82, 2.24) is 14.9 Å². The molecule has 3 aliphatic heterocycles. The predicted octanol–water partition coefficient (Wildman–Crippen LogP) is 1.83. The van der Waals surface area contributed by atoms with Gasteiger partial charge in [0.25, 0.3) is 0 Å². The molecule has 1 N–H and O–H groups in total. The molecule has 2 aromatic rings. The third kappa shape index (κ3) is 3.98. The number of cyclic esters (lactones) is 1. The summed E-state index contributed by atoms with van der Waals surface area (Å²) in [7, 11) is 0. The van der Waals surface area contributed by atoms with Gasteiger partial charge in [-0.2, -0.15) is 0 Å². The Balaban J connectivity index is 1.19. The molecule has 1 fully saturated rings. The predicted molar refractivity (Wildman–Crippen MR) is 124 cm³/mol. The first-order valence-corrected chi connectivity index (χ1v) is 11.3. The molecule has 34 heavy (non-hydrogen) atoms. The molecular weight excluding hydrogens is 436 g/mol. The van der Waals surface area contributed by atoms with Crippen LogP contribution in [0.2, 0.25) is 0 Å². The number of allylic oxidation sites excluding steroid dienone is 1. The molecule has 0 amide bonds. The summed E-state index contributed by atoms with van der Waals surface area (Å²) in [4.78, 5) is 36.1. The maximum Gasteiger partial charge on any atom is 0.338 e. The molecule has 1 atom stereocenters. The smallest absolute Gasteiger partial charge is 0.338 e. The first-order valence-electron chi connectivity index (χ1n) is 11.3. The number of esters is 1. The first kappa shape index (κ1) is 22.3. The lowest BCUT2D eigenvalue weighted by atomic mass is 9.95. The quantitative estimate of drug-likeness (QED) is 0.526. The van der Waals surface area contributed by atoms with Crippen molar-refractivity contribution in [2.45, 2.75) is 26.6 Å². The van der Waals surface area contributed by atoms with Gasteiger partial charge < -0.3 is 19.5 Å². The average molecular weight is 463 g/mol. The van der Waals surface area contributed by atoms with E-state index in [4.69, 9.17) is 9.47 Å². The fourth-order valence-corrected chi connectivity index (χ4v) is 4.75. The molecule has 9 heteroatoms. The van der Waals surface area contributed by atoms with Crippen LogP contribution >= 0.6 is 0 Å². The number of benzene rings is 1. The number of aliphatic hydroxyl groups is 1. The fraction of sp³-hybridized carbons (Fsp3) is 0.400. The number of ether oxygens (including phenoxy) is 2. The number of piperazine rings is 1. The van der Waals surface area contributed by atoms with Gasteiger partial charge in [0, 0.05) is 67.4 Å². The minimum absolute atomic E-state index is 0.245. The Hall–Kier alpha value is -3.52. The Morgan fingerprint density at radius 2 is 1.82 bits per heavy atom. The fourth-order valence-electron chi connectivity index (χ4n) is 4.75. The van der Waals surface area contributed by atoms with E-state index in [1.807, 2.05) is 25.9 Å². The van der Waals surface area contributed by atoms with Crippen LogP contribution in [0.1, 0.15) is 45.6 Å².